The number of nitrogens with zero attached hydrogens (tertiary/aromatic N) is 5. The second kappa shape index (κ2) is 12.7. The van der Waals surface area contributed by atoms with Crippen LogP contribution in [0.2, 0.25) is 5.02 Å². The second-order valence-corrected chi connectivity index (χ2v) is 13.7. The summed E-state index contributed by atoms with van der Waals surface area (Å²) in [7, 11) is -0.482. The molecule has 1 atom stereocenters. The number of carbonyl (C=O) groups is 1. The average Bonchev–Trinajstić information content (AvgIpc) is 3.65. The van der Waals surface area contributed by atoms with Crippen molar-refractivity contribution in [2.45, 2.75) is 50.3 Å². The summed E-state index contributed by atoms with van der Waals surface area (Å²) in [6.45, 7) is 5.47. The van der Waals surface area contributed by atoms with Gasteiger partial charge >= 0.3 is 6.09 Å². The highest BCUT2D eigenvalue weighted by Crippen LogP contribution is 2.39. The number of methoxy groups -OCH3 is 2. The molecule has 0 saturated carbocycles. The van der Waals surface area contributed by atoms with Crippen molar-refractivity contribution in [1.82, 2.24) is 14.3 Å². The Balaban J connectivity index is 1.67. The summed E-state index contributed by atoms with van der Waals surface area (Å²) in [5, 5.41) is -0.709. The lowest BCUT2D eigenvalue weighted by atomic mass is 10.2. The SMILES string of the molecule is COc1ccc(CN(c2ncns2)S(=O)(=O)c2c(F)cc(N(C)C3CCN(C(=O)OC(C)(C)C)C3)c(Cl)c2F)c(OC)c1. The van der Waals surface area contributed by atoms with Gasteiger partial charge in [0.2, 0.25) is 5.13 Å². The van der Waals surface area contributed by atoms with Crippen LogP contribution in [0, 0.1) is 11.6 Å². The van der Waals surface area contributed by atoms with Gasteiger partial charge in [-0.15, -0.1) is 0 Å². The summed E-state index contributed by atoms with van der Waals surface area (Å²) in [5.74, 6) is -2.05. The third kappa shape index (κ3) is 6.88. The molecule has 1 amide bonds. The molecule has 2 aromatic carbocycles. The molecule has 11 nitrogen and oxygen atoms in total. The third-order valence-corrected chi connectivity index (χ3v) is 9.70. The van der Waals surface area contributed by atoms with Crippen molar-refractivity contribution in [2.24, 2.45) is 0 Å². The summed E-state index contributed by atoms with van der Waals surface area (Å²) in [6.07, 6.45) is 1.11. The lowest BCUT2D eigenvalue weighted by molar-refractivity contribution is 0.0292. The fraction of sp³-hybridized carbons (Fsp3) is 0.444. The average molecular weight is 660 g/mol. The highest BCUT2D eigenvalue weighted by molar-refractivity contribution is 7.93. The van der Waals surface area contributed by atoms with Crippen molar-refractivity contribution in [2.75, 3.05) is 43.6 Å². The number of hydrogen-bond donors (Lipinski definition) is 0. The molecular weight excluding hydrogens is 628 g/mol. The van der Waals surface area contributed by atoms with E-state index in [1.807, 2.05) is 0 Å². The molecule has 0 radical (unpaired) electrons. The van der Waals surface area contributed by atoms with Gasteiger partial charge in [0.05, 0.1) is 26.5 Å². The normalized spacial score (nSPS) is 15.4. The van der Waals surface area contributed by atoms with E-state index in [-0.39, 0.29) is 35.7 Å². The highest BCUT2D eigenvalue weighted by Gasteiger charge is 2.38. The van der Waals surface area contributed by atoms with Crippen LogP contribution in [0.5, 0.6) is 11.5 Å². The van der Waals surface area contributed by atoms with Gasteiger partial charge in [-0.25, -0.2) is 31.3 Å². The largest absolute Gasteiger partial charge is 0.497 e. The first-order valence-electron chi connectivity index (χ1n) is 13.1. The van der Waals surface area contributed by atoms with Gasteiger partial charge in [-0.2, -0.15) is 4.37 Å². The van der Waals surface area contributed by atoms with E-state index in [0.717, 1.165) is 28.2 Å². The van der Waals surface area contributed by atoms with E-state index < -0.39 is 43.3 Å². The van der Waals surface area contributed by atoms with Crippen LogP contribution in [0.15, 0.2) is 35.5 Å². The Kier molecular flexibility index (Phi) is 9.57. The Morgan fingerprint density at radius 2 is 1.93 bits per heavy atom. The van der Waals surface area contributed by atoms with Gasteiger partial charge in [0.25, 0.3) is 10.0 Å². The molecule has 234 valence electrons. The Morgan fingerprint density at radius 1 is 1.21 bits per heavy atom. The molecule has 4 rings (SSSR count). The lowest BCUT2D eigenvalue weighted by Crippen LogP contribution is -2.39. The summed E-state index contributed by atoms with van der Waals surface area (Å²) in [4.78, 5) is 18.3. The van der Waals surface area contributed by atoms with Crippen LogP contribution in [0.25, 0.3) is 0 Å². The van der Waals surface area contributed by atoms with E-state index in [1.54, 1.807) is 46.0 Å². The Bertz CT molecular complexity index is 1590. The van der Waals surface area contributed by atoms with Crippen LogP contribution < -0.4 is 18.7 Å². The smallest absolute Gasteiger partial charge is 0.410 e. The van der Waals surface area contributed by atoms with E-state index in [1.165, 1.54) is 24.0 Å². The summed E-state index contributed by atoms with van der Waals surface area (Å²) in [5.41, 5.74) is -0.369. The standard InChI is InChI=1S/C27H32ClF2N5O6S2/c1-27(2,3)41-26(36)34-10-9-17(14-34)33(4)20-12-19(29)24(23(30)22(20)28)43(37,38)35(25-31-15-32-42-25)13-16-7-8-18(39-5)11-21(16)40-6/h7-8,11-12,15,17H,9-10,13-14H2,1-6H3. The molecule has 1 saturated heterocycles. The molecule has 1 fully saturated rings. The number of halogens is 3. The number of benzene rings is 2. The number of carbonyl (C=O) groups excluding carboxylic acids is 1. The number of likely N-dealkylation sites (N-methyl/N-ethyl adjacent to an activating group) is 1. The summed E-state index contributed by atoms with van der Waals surface area (Å²) >= 11 is 7.11. The lowest BCUT2D eigenvalue weighted by Gasteiger charge is -2.29. The van der Waals surface area contributed by atoms with Crippen molar-refractivity contribution in [1.29, 1.82) is 0 Å². The molecule has 1 aliphatic rings. The van der Waals surface area contributed by atoms with Crippen molar-refractivity contribution >= 4 is 50.1 Å². The van der Waals surface area contributed by atoms with Crippen LogP contribution in [-0.4, -0.2) is 74.8 Å². The van der Waals surface area contributed by atoms with E-state index >= 15 is 8.78 Å². The molecule has 1 aromatic heterocycles. The molecule has 0 bridgehead atoms. The van der Waals surface area contributed by atoms with Crippen LogP contribution in [0.3, 0.4) is 0 Å². The zero-order chi connectivity index (χ0) is 31.7. The van der Waals surface area contributed by atoms with E-state index in [0.29, 0.717) is 24.3 Å². The number of likely N-dealkylation sites (tertiary alicyclic amines) is 1. The molecule has 3 aromatic rings. The van der Waals surface area contributed by atoms with Gasteiger partial charge in [-0.1, -0.05) is 11.6 Å². The number of rotatable bonds is 9. The van der Waals surface area contributed by atoms with Gasteiger partial charge < -0.3 is 24.0 Å². The third-order valence-electron chi connectivity index (χ3n) is 6.76. The Labute approximate surface area is 258 Å². The number of hydrogen-bond acceptors (Lipinski definition) is 10. The molecule has 0 spiro atoms. The van der Waals surface area contributed by atoms with Crippen LogP contribution in [0.4, 0.5) is 24.4 Å². The van der Waals surface area contributed by atoms with Crippen LogP contribution in [-0.2, 0) is 21.3 Å². The monoisotopic (exact) mass is 659 g/mol. The highest BCUT2D eigenvalue weighted by atomic mass is 35.5. The molecule has 0 N–H and O–H groups in total. The van der Waals surface area contributed by atoms with Gasteiger partial charge in [0, 0.05) is 55.4 Å². The zero-order valence-electron chi connectivity index (χ0n) is 24.4. The Morgan fingerprint density at radius 3 is 2.53 bits per heavy atom. The number of aromatic nitrogens is 2. The summed E-state index contributed by atoms with van der Waals surface area (Å²) < 4.78 is 80.0. The first kappa shape index (κ1) is 32.5. The van der Waals surface area contributed by atoms with E-state index in [9.17, 15) is 13.2 Å². The van der Waals surface area contributed by atoms with E-state index in [4.69, 9.17) is 25.8 Å². The predicted octanol–water partition coefficient (Wildman–Crippen LogP) is 5.33. The molecule has 43 heavy (non-hydrogen) atoms. The minimum absolute atomic E-state index is 0.0639. The number of amides is 1. The van der Waals surface area contributed by atoms with Crippen molar-refractivity contribution < 1.29 is 36.2 Å². The van der Waals surface area contributed by atoms with Crippen LogP contribution >= 0.6 is 23.1 Å². The maximum atomic E-state index is 15.9. The zero-order valence-corrected chi connectivity index (χ0v) is 26.8. The second-order valence-electron chi connectivity index (χ2n) is 10.7. The minimum atomic E-state index is -4.91. The topological polar surface area (TPSA) is 114 Å². The first-order chi connectivity index (χ1) is 20.2. The van der Waals surface area contributed by atoms with Gasteiger partial charge in [0.1, 0.15) is 34.3 Å². The predicted molar refractivity (Wildman–Crippen MR) is 159 cm³/mol. The Hall–Kier alpha value is -3.43. The van der Waals surface area contributed by atoms with Crippen molar-refractivity contribution in [3.8, 4) is 11.5 Å². The van der Waals surface area contributed by atoms with Crippen molar-refractivity contribution in [3.63, 3.8) is 0 Å². The quantitative estimate of drug-likeness (QED) is 0.281. The van der Waals surface area contributed by atoms with Gasteiger partial charge in [0.15, 0.2) is 10.7 Å². The van der Waals surface area contributed by atoms with Gasteiger partial charge in [-0.05, 0) is 39.3 Å². The fourth-order valence-corrected chi connectivity index (χ4v) is 7.17. The van der Waals surface area contributed by atoms with E-state index in [2.05, 4.69) is 9.36 Å². The summed E-state index contributed by atoms with van der Waals surface area (Å²) in [6, 6.07) is 5.24. The fourth-order valence-electron chi connectivity index (χ4n) is 4.59. The number of sulfonamides is 1. The van der Waals surface area contributed by atoms with Crippen molar-refractivity contribution in [3.05, 3.63) is 52.8 Å². The molecule has 0 aliphatic carbocycles. The minimum Gasteiger partial charge on any atom is -0.497 e. The maximum Gasteiger partial charge on any atom is 0.410 e. The molecule has 2 heterocycles. The number of anilines is 2. The number of ether oxygens (including phenoxy) is 3. The van der Waals surface area contributed by atoms with Crippen LogP contribution in [0.1, 0.15) is 32.8 Å². The molecule has 1 unspecified atom stereocenters. The molecule has 1 aliphatic heterocycles. The van der Waals surface area contributed by atoms with Gasteiger partial charge in [-0.3, -0.25) is 0 Å². The first-order valence-corrected chi connectivity index (χ1v) is 15.7. The maximum absolute atomic E-state index is 15.9. The molecule has 16 heteroatoms. The molecular formula is C27H32ClF2N5O6S2.